The molecule has 1 aromatic carbocycles. The largest absolute Gasteiger partial charge is 0.342 e. The fourth-order valence-electron chi connectivity index (χ4n) is 3.60. The molecule has 1 saturated heterocycles. The molecule has 2 N–H and O–H groups in total. The third kappa shape index (κ3) is 3.24. The summed E-state index contributed by atoms with van der Waals surface area (Å²) in [5.74, 6) is 1.53. The van der Waals surface area contributed by atoms with E-state index in [0.717, 1.165) is 36.1 Å². The van der Waals surface area contributed by atoms with Crippen molar-refractivity contribution in [3.63, 3.8) is 0 Å². The Morgan fingerprint density at radius 2 is 2.15 bits per heavy atom. The normalized spacial score (nSPS) is 17.6. The lowest BCUT2D eigenvalue weighted by Gasteiger charge is -2.32. The number of imidazole rings is 1. The average Bonchev–Trinajstić information content (AvgIpc) is 3.03. The Balaban J connectivity index is 1.48. The molecule has 7 nitrogen and oxygen atoms in total. The minimum atomic E-state index is -0.373. The molecule has 3 heterocycles. The van der Waals surface area contributed by atoms with Gasteiger partial charge in [0.25, 0.3) is 11.5 Å². The molecule has 1 fully saturated rings. The topological polar surface area (TPSA) is 94.7 Å². The van der Waals surface area contributed by atoms with Gasteiger partial charge in [-0.3, -0.25) is 9.59 Å². The van der Waals surface area contributed by atoms with Crippen LogP contribution in [0.25, 0.3) is 11.0 Å². The second-order valence-electron chi connectivity index (χ2n) is 6.88. The van der Waals surface area contributed by atoms with Crippen LogP contribution in [0.1, 0.15) is 34.8 Å². The minimum Gasteiger partial charge on any atom is -0.342 e. The molecule has 4 rings (SSSR count). The number of rotatable bonds is 3. The Morgan fingerprint density at radius 3 is 2.96 bits per heavy atom. The summed E-state index contributed by atoms with van der Waals surface area (Å²) in [4.78, 5) is 41.1. The Kier molecular flexibility index (Phi) is 4.28. The monoisotopic (exact) mass is 351 g/mol. The van der Waals surface area contributed by atoms with Gasteiger partial charge in [0.2, 0.25) is 0 Å². The van der Waals surface area contributed by atoms with Crippen LogP contribution in [0.2, 0.25) is 0 Å². The van der Waals surface area contributed by atoms with Crippen molar-refractivity contribution in [1.29, 1.82) is 0 Å². The van der Waals surface area contributed by atoms with Gasteiger partial charge >= 0.3 is 0 Å². The van der Waals surface area contributed by atoms with Gasteiger partial charge in [-0.2, -0.15) is 0 Å². The highest BCUT2D eigenvalue weighted by Crippen LogP contribution is 2.22. The first-order valence-electron chi connectivity index (χ1n) is 8.89. The van der Waals surface area contributed by atoms with E-state index in [0.29, 0.717) is 24.8 Å². The number of fused-ring (bicyclic) bond motifs is 1. The summed E-state index contributed by atoms with van der Waals surface area (Å²) in [5.41, 5.74) is 1.73. The van der Waals surface area contributed by atoms with Crippen LogP contribution in [0.4, 0.5) is 0 Å². The average molecular weight is 351 g/mol. The maximum absolute atomic E-state index is 12.7. The number of piperidine rings is 1. The molecule has 0 radical (unpaired) electrons. The number of likely N-dealkylation sites (tertiary alicyclic amines) is 1. The first-order chi connectivity index (χ1) is 12.6. The third-order valence-corrected chi connectivity index (χ3v) is 4.88. The lowest BCUT2D eigenvalue weighted by atomic mass is 9.94. The molecule has 0 aliphatic carbocycles. The predicted octanol–water partition coefficient (Wildman–Crippen LogP) is 2.05. The molecule has 1 aliphatic rings. The first kappa shape index (κ1) is 16.5. The number of benzene rings is 1. The molecule has 134 valence electrons. The Labute approximate surface area is 150 Å². The van der Waals surface area contributed by atoms with Gasteiger partial charge in [-0.25, -0.2) is 9.97 Å². The van der Waals surface area contributed by atoms with E-state index in [1.54, 1.807) is 11.8 Å². The van der Waals surface area contributed by atoms with E-state index < -0.39 is 0 Å². The van der Waals surface area contributed by atoms with Crippen molar-refractivity contribution in [2.75, 3.05) is 13.1 Å². The molecular weight excluding hydrogens is 330 g/mol. The minimum absolute atomic E-state index is 0.111. The van der Waals surface area contributed by atoms with E-state index in [9.17, 15) is 9.59 Å². The highest BCUT2D eigenvalue weighted by atomic mass is 16.2. The van der Waals surface area contributed by atoms with E-state index in [-0.39, 0.29) is 17.0 Å². The van der Waals surface area contributed by atoms with Crippen molar-refractivity contribution >= 4 is 16.9 Å². The molecule has 2 aromatic heterocycles. The van der Waals surface area contributed by atoms with E-state index in [4.69, 9.17) is 0 Å². The number of nitrogens with zero attached hydrogens (tertiary/aromatic N) is 3. The van der Waals surface area contributed by atoms with Gasteiger partial charge in [0, 0.05) is 25.7 Å². The van der Waals surface area contributed by atoms with Crippen LogP contribution in [-0.2, 0) is 6.42 Å². The lowest BCUT2D eigenvalue weighted by molar-refractivity contribution is 0.0670. The van der Waals surface area contributed by atoms with E-state index >= 15 is 0 Å². The molecule has 1 unspecified atom stereocenters. The van der Waals surface area contributed by atoms with Crippen molar-refractivity contribution in [3.05, 3.63) is 58.0 Å². The number of hydrogen-bond donors (Lipinski definition) is 2. The van der Waals surface area contributed by atoms with Crippen molar-refractivity contribution in [2.45, 2.75) is 26.2 Å². The molecule has 1 atom stereocenters. The van der Waals surface area contributed by atoms with Gasteiger partial charge in [-0.1, -0.05) is 12.1 Å². The van der Waals surface area contributed by atoms with Gasteiger partial charge in [-0.15, -0.1) is 0 Å². The number of hydrogen-bond acceptors (Lipinski definition) is 4. The van der Waals surface area contributed by atoms with Gasteiger partial charge in [0.05, 0.1) is 11.0 Å². The summed E-state index contributed by atoms with van der Waals surface area (Å²) in [5, 5.41) is 0. The summed E-state index contributed by atoms with van der Waals surface area (Å²) >= 11 is 0. The molecule has 26 heavy (non-hydrogen) atoms. The van der Waals surface area contributed by atoms with Crippen molar-refractivity contribution < 1.29 is 4.79 Å². The molecule has 3 aromatic rings. The van der Waals surface area contributed by atoms with Crippen LogP contribution < -0.4 is 5.56 Å². The third-order valence-electron chi connectivity index (χ3n) is 4.88. The van der Waals surface area contributed by atoms with Crippen LogP contribution >= 0.6 is 0 Å². The number of aromatic amines is 2. The smallest absolute Gasteiger partial charge is 0.263 e. The molecule has 7 heteroatoms. The number of para-hydroxylation sites is 2. The summed E-state index contributed by atoms with van der Waals surface area (Å²) in [7, 11) is 0. The van der Waals surface area contributed by atoms with Crippen LogP contribution in [0.5, 0.6) is 0 Å². The highest BCUT2D eigenvalue weighted by molar-refractivity contribution is 5.93. The van der Waals surface area contributed by atoms with E-state index in [1.165, 1.54) is 6.20 Å². The number of carbonyl (C=O) groups is 1. The maximum atomic E-state index is 12.7. The second-order valence-corrected chi connectivity index (χ2v) is 6.88. The van der Waals surface area contributed by atoms with Crippen LogP contribution in [0.3, 0.4) is 0 Å². The number of aryl methyl sites for hydroxylation is 1. The number of H-pyrrole nitrogens is 2. The molecule has 0 saturated carbocycles. The number of aromatic nitrogens is 4. The summed E-state index contributed by atoms with van der Waals surface area (Å²) in [6.07, 6.45) is 4.14. The number of amides is 1. The summed E-state index contributed by atoms with van der Waals surface area (Å²) in [6, 6.07) is 7.96. The van der Waals surface area contributed by atoms with Gasteiger partial charge in [-0.05, 0) is 37.8 Å². The van der Waals surface area contributed by atoms with E-state index in [2.05, 4.69) is 19.9 Å². The Hall–Kier alpha value is -2.96. The summed E-state index contributed by atoms with van der Waals surface area (Å²) in [6.45, 7) is 2.99. The molecule has 0 spiro atoms. The number of carbonyl (C=O) groups excluding carboxylic acids is 1. The van der Waals surface area contributed by atoms with Crippen LogP contribution in [0.15, 0.2) is 35.3 Å². The van der Waals surface area contributed by atoms with Gasteiger partial charge in [0.15, 0.2) is 0 Å². The Bertz CT molecular complexity index is 973. The summed E-state index contributed by atoms with van der Waals surface area (Å²) < 4.78 is 0. The first-order valence-corrected chi connectivity index (χ1v) is 8.89. The zero-order valence-corrected chi connectivity index (χ0v) is 14.7. The van der Waals surface area contributed by atoms with Crippen molar-refractivity contribution in [1.82, 2.24) is 24.8 Å². The van der Waals surface area contributed by atoms with Crippen LogP contribution in [0, 0.1) is 12.8 Å². The zero-order valence-electron chi connectivity index (χ0n) is 14.7. The lowest BCUT2D eigenvalue weighted by Crippen LogP contribution is -2.42. The zero-order chi connectivity index (χ0) is 18.1. The van der Waals surface area contributed by atoms with E-state index in [1.807, 2.05) is 24.3 Å². The molecule has 1 aliphatic heterocycles. The highest BCUT2D eigenvalue weighted by Gasteiger charge is 2.27. The second kappa shape index (κ2) is 6.74. The van der Waals surface area contributed by atoms with Gasteiger partial charge < -0.3 is 14.9 Å². The van der Waals surface area contributed by atoms with Crippen molar-refractivity contribution in [2.24, 2.45) is 5.92 Å². The standard InChI is InChI=1S/C19H21N5O2/c1-12-20-10-14(18(25)21-12)19(26)24-8-4-5-13(11-24)9-17-22-15-6-2-3-7-16(15)23-17/h2-3,6-7,10,13H,4-5,8-9,11H2,1H3,(H,22,23)(H,20,21,25). The fraction of sp³-hybridized carbons (Fsp3) is 0.368. The molecule has 1 amide bonds. The SMILES string of the molecule is Cc1ncc(C(=O)N2CCCC(Cc3nc4ccccc4[nH]3)C2)c(=O)[nH]1. The quantitative estimate of drug-likeness (QED) is 0.755. The predicted molar refractivity (Wildman–Crippen MR) is 98.0 cm³/mol. The maximum Gasteiger partial charge on any atom is 0.263 e. The number of nitrogens with one attached hydrogen (secondary N) is 2. The van der Waals surface area contributed by atoms with Crippen molar-refractivity contribution in [3.8, 4) is 0 Å². The molecular formula is C19H21N5O2. The van der Waals surface area contributed by atoms with Crippen LogP contribution in [-0.4, -0.2) is 43.8 Å². The fourth-order valence-corrected chi connectivity index (χ4v) is 3.60. The Morgan fingerprint density at radius 1 is 1.31 bits per heavy atom. The van der Waals surface area contributed by atoms with Gasteiger partial charge in [0.1, 0.15) is 17.2 Å². The molecule has 0 bridgehead atoms.